The summed E-state index contributed by atoms with van der Waals surface area (Å²) in [6.45, 7) is 0.468. The Balaban J connectivity index is 1.97. The van der Waals surface area contributed by atoms with Gasteiger partial charge in [-0.25, -0.2) is 0 Å². The highest BCUT2D eigenvalue weighted by atomic mass is 19.4. The molecule has 0 spiro atoms. The second-order valence-electron chi connectivity index (χ2n) is 4.52. The van der Waals surface area contributed by atoms with Gasteiger partial charge in [0.05, 0.1) is 12.2 Å². The van der Waals surface area contributed by atoms with E-state index in [0.717, 1.165) is 5.56 Å². The molecule has 2 N–H and O–H groups in total. The summed E-state index contributed by atoms with van der Waals surface area (Å²) in [5, 5.41) is 3.69. The van der Waals surface area contributed by atoms with E-state index in [1.54, 1.807) is 12.1 Å². The zero-order valence-electron chi connectivity index (χ0n) is 11.3. The van der Waals surface area contributed by atoms with Crippen molar-refractivity contribution in [2.24, 2.45) is 0 Å². The van der Waals surface area contributed by atoms with Crippen molar-refractivity contribution in [1.82, 2.24) is 10.1 Å². The molecule has 0 atom stereocenters. The highest BCUT2D eigenvalue weighted by Gasteiger charge is 2.27. The minimum absolute atomic E-state index is 0.130. The summed E-state index contributed by atoms with van der Waals surface area (Å²) in [5.74, 6) is 0.509. The molecule has 0 unspecified atom stereocenters. The average molecular weight is 301 g/mol. The minimum Gasteiger partial charge on any atom is -0.398 e. The molecule has 8 heteroatoms. The van der Waals surface area contributed by atoms with Crippen LogP contribution < -0.4 is 5.73 Å². The fourth-order valence-corrected chi connectivity index (χ4v) is 1.67. The lowest BCUT2D eigenvalue weighted by atomic mass is 10.1. The molecule has 0 aliphatic heterocycles. The summed E-state index contributed by atoms with van der Waals surface area (Å²) >= 11 is 0. The Bertz CT molecular complexity index is 611. The molecule has 0 amide bonds. The molecule has 0 aliphatic carbocycles. The first-order valence-corrected chi connectivity index (χ1v) is 6.19. The summed E-state index contributed by atoms with van der Waals surface area (Å²) in [4.78, 5) is 4.10. The largest absolute Gasteiger partial charge is 0.411 e. The molecule has 0 radical (unpaired) electrons. The number of nitrogen functional groups attached to an aromatic ring is 1. The van der Waals surface area contributed by atoms with Gasteiger partial charge in [-0.1, -0.05) is 16.8 Å². The van der Waals surface area contributed by atoms with E-state index in [4.69, 9.17) is 10.3 Å². The van der Waals surface area contributed by atoms with Gasteiger partial charge in [-0.2, -0.15) is 18.2 Å². The van der Waals surface area contributed by atoms with Crippen LogP contribution in [0.4, 0.5) is 18.9 Å². The number of hydrogen-bond donors (Lipinski definition) is 1. The molecule has 0 bridgehead atoms. The monoisotopic (exact) mass is 301 g/mol. The molecule has 21 heavy (non-hydrogen) atoms. The first-order chi connectivity index (χ1) is 9.85. The fourth-order valence-electron chi connectivity index (χ4n) is 1.67. The molecule has 1 heterocycles. The Morgan fingerprint density at radius 1 is 1.33 bits per heavy atom. The third kappa shape index (κ3) is 4.45. The van der Waals surface area contributed by atoms with Crippen molar-refractivity contribution in [3.63, 3.8) is 0 Å². The molecule has 2 rings (SSSR count). The number of anilines is 1. The van der Waals surface area contributed by atoms with Crippen molar-refractivity contribution in [3.05, 3.63) is 29.6 Å². The van der Waals surface area contributed by atoms with Gasteiger partial charge in [0, 0.05) is 12.1 Å². The first-order valence-electron chi connectivity index (χ1n) is 6.19. The lowest BCUT2D eigenvalue weighted by Crippen LogP contribution is -2.18. The molecule has 1 aromatic carbocycles. The maximum Gasteiger partial charge on any atom is 0.411 e. The van der Waals surface area contributed by atoms with Crippen molar-refractivity contribution in [1.29, 1.82) is 0 Å². The minimum atomic E-state index is -4.33. The lowest BCUT2D eigenvalue weighted by Gasteiger charge is -2.05. The van der Waals surface area contributed by atoms with Gasteiger partial charge in [0.1, 0.15) is 6.61 Å². The number of ether oxygens (including phenoxy) is 1. The number of benzene rings is 1. The topological polar surface area (TPSA) is 74.2 Å². The second kappa shape index (κ2) is 6.13. The Morgan fingerprint density at radius 2 is 2.10 bits per heavy atom. The highest BCUT2D eigenvalue weighted by Crippen LogP contribution is 2.25. The number of halogens is 3. The molecule has 5 nitrogen and oxygen atoms in total. The Morgan fingerprint density at radius 3 is 2.81 bits per heavy atom. The van der Waals surface area contributed by atoms with Crippen LogP contribution in [0.5, 0.6) is 0 Å². The van der Waals surface area contributed by atoms with Gasteiger partial charge in [0.2, 0.25) is 0 Å². The number of nitrogens with zero attached hydrogens (tertiary/aromatic N) is 2. The van der Waals surface area contributed by atoms with Gasteiger partial charge < -0.3 is 15.0 Å². The summed E-state index contributed by atoms with van der Waals surface area (Å²) < 4.78 is 45.3. The van der Waals surface area contributed by atoms with E-state index in [0.29, 0.717) is 11.3 Å². The van der Waals surface area contributed by atoms with Crippen LogP contribution in [0.25, 0.3) is 11.5 Å². The van der Waals surface area contributed by atoms with Crippen LogP contribution in [0.2, 0.25) is 0 Å². The molecular weight excluding hydrogens is 287 g/mol. The van der Waals surface area contributed by atoms with Crippen LogP contribution in [0, 0.1) is 6.92 Å². The van der Waals surface area contributed by atoms with E-state index >= 15 is 0 Å². The average Bonchev–Trinajstić information content (AvgIpc) is 2.85. The van der Waals surface area contributed by atoms with Crippen molar-refractivity contribution in [2.45, 2.75) is 19.5 Å². The molecule has 0 saturated heterocycles. The van der Waals surface area contributed by atoms with Crippen LogP contribution >= 0.6 is 0 Å². The number of aryl methyl sites for hydroxylation is 1. The second-order valence-corrected chi connectivity index (χ2v) is 4.52. The third-order valence-electron chi connectivity index (χ3n) is 2.64. The van der Waals surface area contributed by atoms with Gasteiger partial charge in [0.25, 0.3) is 5.89 Å². The number of aromatic nitrogens is 2. The Labute approximate surface area is 118 Å². The highest BCUT2D eigenvalue weighted by molar-refractivity contribution is 5.70. The maximum atomic E-state index is 11.9. The van der Waals surface area contributed by atoms with E-state index in [-0.39, 0.29) is 24.7 Å². The molecule has 0 aliphatic rings. The van der Waals surface area contributed by atoms with Crippen LogP contribution in [0.3, 0.4) is 0 Å². The van der Waals surface area contributed by atoms with Crippen molar-refractivity contribution >= 4 is 5.69 Å². The fraction of sp³-hybridized carbons (Fsp3) is 0.385. The van der Waals surface area contributed by atoms with Crippen molar-refractivity contribution in [3.8, 4) is 11.5 Å². The molecule has 0 saturated carbocycles. The predicted molar refractivity (Wildman–Crippen MR) is 69.5 cm³/mol. The Kier molecular flexibility index (Phi) is 4.46. The normalized spacial score (nSPS) is 11.8. The van der Waals surface area contributed by atoms with E-state index in [1.165, 1.54) is 0 Å². The van der Waals surface area contributed by atoms with E-state index in [2.05, 4.69) is 14.9 Å². The van der Waals surface area contributed by atoms with Gasteiger partial charge in [-0.3, -0.25) is 0 Å². The van der Waals surface area contributed by atoms with Crippen LogP contribution in [-0.2, 0) is 11.2 Å². The smallest absolute Gasteiger partial charge is 0.398 e. The van der Waals surface area contributed by atoms with Gasteiger partial charge in [-0.15, -0.1) is 0 Å². The number of rotatable bonds is 5. The lowest BCUT2D eigenvalue weighted by molar-refractivity contribution is -0.173. The molecule has 2 aromatic rings. The molecule has 1 aromatic heterocycles. The third-order valence-corrected chi connectivity index (χ3v) is 2.64. The summed E-state index contributed by atoms with van der Waals surface area (Å²) in [6, 6.07) is 5.37. The maximum absolute atomic E-state index is 11.9. The number of alkyl halides is 3. The van der Waals surface area contributed by atoms with Crippen LogP contribution in [0.15, 0.2) is 22.7 Å². The molecule has 114 valence electrons. The van der Waals surface area contributed by atoms with E-state index < -0.39 is 12.8 Å². The predicted octanol–water partition coefficient (Wildman–Crippen LogP) is 2.75. The van der Waals surface area contributed by atoms with Crippen LogP contribution in [-0.4, -0.2) is 29.5 Å². The van der Waals surface area contributed by atoms with E-state index in [9.17, 15) is 13.2 Å². The molecule has 0 fully saturated rings. The van der Waals surface area contributed by atoms with Crippen molar-refractivity contribution in [2.75, 3.05) is 18.9 Å². The van der Waals surface area contributed by atoms with Gasteiger partial charge in [0.15, 0.2) is 5.82 Å². The van der Waals surface area contributed by atoms with Crippen LogP contribution in [0.1, 0.15) is 11.4 Å². The van der Waals surface area contributed by atoms with Gasteiger partial charge >= 0.3 is 6.18 Å². The Hall–Kier alpha value is -2.09. The summed E-state index contributed by atoms with van der Waals surface area (Å²) in [6.07, 6.45) is -4.20. The van der Waals surface area contributed by atoms with E-state index in [1.807, 2.05) is 13.0 Å². The zero-order valence-corrected chi connectivity index (χ0v) is 11.3. The van der Waals surface area contributed by atoms with Gasteiger partial charge in [-0.05, 0) is 19.1 Å². The van der Waals surface area contributed by atoms with Crippen molar-refractivity contribution < 1.29 is 22.4 Å². The quantitative estimate of drug-likeness (QED) is 0.679. The summed E-state index contributed by atoms with van der Waals surface area (Å²) in [5.41, 5.74) is 7.89. The standard InChI is InChI=1S/C13H14F3N3O2/c1-8-2-3-10(17)9(6-8)12-18-11(19-21-12)4-5-20-7-13(14,15)16/h2-3,6H,4-5,7,17H2,1H3. The number of hydrogen-bond acceptors (Lipinski definition) is 5. The zero-order chi connectivity index (χ0) is 15.5. The number of nitrogens with two attached hydrogens (primary N) is 1. The SMILES string of the molecule is Cc1ccc(N)c(-c2nc(CCOCC(F)(F)F)no2)c1. The first kappa shape index (κ1) is 15.3. The summed E-state index contributed by atoms with van der Waals surface area (Å²) in [7, 11) is 0. The molecular formula is C13H14F3N3O2.